The normalized spacial score (nSPS) is 10.4. The van der Waals surface area contributed by atoms with Gasteiger partial charge in [0.05, 0.1) is 9.85 Å². The van der Waals surface area contributed by atoms with Gasteiger partial charge < -0.3 is 30.6 Å². The van der Waals surface area contributed by atoms with Gasteiger partial charge in [0.1, 0.15) is 57.2 Å². The zero-order chi connectivity index (χ0) is 31.1. The van der Waals surface area contributed by atoms with E-state index < -0.39 is 9.85 Å². The summed E-state index contributed by atoms with van der Waals surface area (Å²) in [7, 11) is 0. The quantitative estimate of drug-likeness (QED) is 0.0753. The first-order valence-electron chi connectivity index (χ1n) is 11.6. The van der Waals surface area contributed by atoms with Gasteiger partial charge in [-0.3, -0.25) is 20.2 Å². The molecule has 18 heteroatoms. The van der Waals surface area contributed by atoms with E-state index in [1.54, 1.807) is 0 Å². The van der Waals surface area contributed by atoms with Crippen LogP contribution in [0, 0.1) is 34.1 Å². The molecule has 0 aromatic heterocycles. The molecular formula is C26H22CoN6NaO10+. The Morgan fingerprint density at radius 3 is 1.14 bits per heavy atom. The van der Waals surface area contributed by atoms with Gasteiger partial charge in [0.15, 0.2) is 0 Å². The van der Waals surface area contributed by atoms with Crippen molar-refractivity contribution in [1.29, 1.82) is 0 Å². The summed E-state index contributed by atoms with van der Waals surface area (Å²) in [6.07, 6.45) is 0. The zero-order valence-electron chi connectivity index (χ0n) is 23.1. The van der Waals surface area contributed by atoms with Gasteiger partial charge in [-0.05, 0) is 50.2 Å². The van der Waals surface area contributed by atoms with Crippen molar-refractivity contribution < 1.29 is 86.8 Å². The number of benzene rings is 4. The van der Waals surface area contributed by atoms with Crippen LogP contribution in [0.1, 0.15) is 11.1 Å². The van der Waals surface area contributed by atoms with Crippen molar-refractivity contribution >= 4 is 34.1 Å². The van der Waals surface area contributed by atoms with Crippen LogP contribution >= 0.6 is 0 Å². The summed E-state index contributed by atoms with van der Waals surface area (Å²) in [5.74, 6) is -1.26. The van der Waals surface area contributed by atoms with Gasteiger partial charge in [-0.25, -0.2) is 0 Å². The van der Waals surface area contributed by atoms with Crippen molar-refractivity contribution in [2.75, 3.05) is 0 Å². The Morgan fingerprint density at radius 1 is 0.523 bits per heavy atom. The van der Waals surface area contributed by atoms with E-state index in [-0.39, 0.29) is 126 Å². The average molecular weight is 660 g/mol. The van der Waals surface area contributed by atoms with Crippen molar-refractivity contribution in [3.8, 4) is 34.5 Å². The van der Waals surface area contributed by atoms with Crippen LogP contribution in [0.25, 0.3) is 0 Å². The standard InChI is InChI=1S/2C13H11N3O5.Co.Na/c2*1-7-11(17)5-3-9(13(7)19)14-15-10-6-8(16(20)21)2-4-12(10)18;;/h2*2-6,17-19H,1H3;;/q;;;+1. The van der Waals surface area contributed by atoms with E-state index in [0.29, 0.717) is 0 Å². The fourth-order valence-corrected chi connectivity index (χ4v) is 3.14. The summed E-state index contributed by atoms with van der Waals surface area (Å²) < 4.78 is 0. The van der Waals surface area contributed by atoms with Crippen LogP contribution < -0.4 is 29.6 Å². The third kappa shape index (κ3) is 9.09. The van der Waals surface area contributed by atoms with Crippen LogP contribution in [0.4, 0.5) is 34.1 Å². The smallest absolute Gasteiger partial charge is 0.508 e. The van der Waals surface area contributed by atoms with E-state index >= 15 is 0 Å². The molecule has 1 radical (unpaired) electrons. The predicted molar refractivity (Wildman–Crippen MR) is 147 cm³/mol. The number of nitrogens with zero attached hydrogens (tertiary/aromatic N) is 6. The summed E-state index contributed by atoms with van der Waals surface area (Å²) in [6.45, 7) is 2.99. The number of phenols is 6. The van der Waals surface area contributed by atoms with E-state index in [1.807, 2.05) is 0 Å². The van der Waals surface area contributed by atoms with Crippen molar-refractivity contribution in [3.63, 3.8) is 0 Å². The third-order valence-electron chi connectivity index (χ3n) is 5.63. The molecule has 0 spiro atoms. The maximum Gasteiger partial charge on any atom is 1.00 e. The number of aromatic hydroxyl groups is 6. The largest absolute Gasteiger partial charge is 1.00 e. The second-order valence-corrected chi connectivity index (χ2v) is 8.42. The van der Waals surface area contributed by atoms with Gasteiger partial charge in [-0.1, -0.05) is 0 Å². The first-order chi connectivity index (χ1) is 19.8. The van der Waals surface area contributed by atoms with E-state index in [0.717, 1.165) is 36.4 Å². The summed E-state index contributed by atoms with van der Waals surface area (Å²) in [4.78, 5) is 20.1. The number of phenolic OH excluding ortho intramolecular Hbond substituents is 6. The topological polar surface area (TPSA) is 257 Å². The minimum atomic E-state index is -0.624. The Hall–Kier alpha value is -4.81. The number of azo groups is 2. The first-order valence-corrected chi connectivity index (χ1v) is 11.6. The molecule has 0 amide bonds. The number of rotatable bonds is 6. The van der Waals surface area contributed by atoms with E-state index in [9.17, 15) is 50.9 Å². The second-order valence-electron chi connectivity index (χ2n) is 8.42. The fourth-order valence-electron chi connectivity index (χ4n) is 3.14. The van der Waals surface area contributed by atoms with Gasteiger partial charge >= 0.3 is 29.6 Å². The van der Waals surface area contributed by atoms with Gasteiger partial charge in [-0.15, -0.1) is 20.5 Å². The molecule has 0 aliphatic heterocycles. The molecule has 225 valence electrons. The van der Waals surface area contributed by atoms with Crippen LogP contribution in [0.3, 0.4) is 0 Å². The van der Waals surface area contributed by atoms with Crippen LogP contribution in [0.15, 0.2) is 81.1 Å². The van der Waals surface area contributed by atoms with Crippen LogP contribution in [-0.2, 0) is 16.8 Å². The molecule has 0 heterocycles. The van der Waals surface area contributed by atoms with Gasteiger partial charge in [0, 0.05) is 52.2 Å². The molecule has 0 unspecified atom stereocenters. The first kappa shape index (κ1) is 37.2. The Morgan fingerprint density at radius 2 is 0.818 bits per heavy atom. The van der Waals surface area contributed by atoms with Crippen molar-refractivity contribution in [1.82, 2.24) is 0 Å². The van der Waals surface area contributed by atoms with Crippen LogP contribution in [0.2, 0.25) is 0 Å². The number of hydrogen-bond acceptors (Lipinski definition) is 14. The molecule has 4 aromatic rings. The Balaban J connectivity index is 0.000000421. The Bertz CT molecular complexity index is 1630. The number of hydrogen-bond donors (Lipinski definition) is 6. The van der Waals surface area contributed by atoms with Crippen molar-refractivity contribution in [2.45, 2.75) is 13.8 Å². The monoisotopic (exact) mass is 660 g/mol. The number of nitro benzene ring substituents is 2. The fraction of sp³-hybridized carbons (Fsp3) is 0.0769. The maximum absolute atomic E-state index is 10.7. The second kappa shape index (κ2) is 16.1. The molecule has 0 aliphatic rings. The number of non-ortho nitro benzene ring substituents is 2. The molecule has 6 N–H and O–H groups in total. The van der Waals surface area contributed by atoms with Crippen molar-refractivity contribution in [2.24, 2.45) is 20.5 Å². The number of nitro groups is 2. The summed E-state index contributed by atoms with van der Waals surface area (Å²) >= 11 is 0. The molecule has 0 saturated heterocycles. The maximum atomic E-state index is 10.7. The Labute approximate surface area is 280 Å². The van der Waals surface area contributed by atoms with Crippen LogP contribution in [0.5, 0.6) is 34.5 Å². The summed E-state index contributed by atoms with van der Waals surface area (Å²) in [5, 5.41) is 93.7. The third-order valence-corrected chi connectivity index (χ3v) is 5.63. The molecule has 0 bridgehead atoms. The van der Waals surface area contributed by atoms with Gasteiger partial charge in [0.2, 0.25) is 0 Å². The molecule has 0 atom stereocenters. The Kier molecular flexibility index (Phi) is 13.7. The molecule has 16 nitrogen and oxygen atoms in total. The van der Waals surface area contributed by atoms with Gasteiger partial charge in [0.25, 0.3) is 11.4 Å². The zero-order valence-corrected chi connectivity index (χ0v) is 26.1. The summed E-state index contributed by atoms with van der Waals surface area (Å²) in [6, 6.07) is 12.0. The molecule has 0 aliphatic carbocycles. The average Bonchev–Trinajstić information content (AvgIpc) is 2.95. The molecule has 0 fully saturated rings. The van der Waals surface area contributed by atoms with Crippen molar-refractivity contribution in [3.05, 3.63) is 92.0 Å². The molecule has 4 rings (SSSR count). The molecule has 4 aromatic carbocycles. The minimum Gasteiger partial charge on any atom is -0.508 e. The van der Waals surface area contributed by atoms with E-state index in [1.165, 1.54) is 38.1 Å². The van der Waals surface area contributed by atoms with Crippen LogP contribution in [-0.4, -0.2) is 40.5 Å². The SMILES string of the molecule is Cc1c(O)ccc(N=Nc2cc([N+](=O)[O-])ccc2O)c1O.Cc1c(O)ccc(N=Nc2cc([N+](=O)[O-])ccc2O)c1O.[Co].[Na+]. The molecule has 44 heavy (non-hydrogen) atoms. The minimum absolute atomic E-state index is 0. The van der Waals surface area contributed by atoms with Gasteiger partial charge in [-0.2, -0.15) is 0 Å². The van der Waals surface area contributed by atoms with E-state index in [2.05, 4.69) is 20.5 Å². The summed E-state index contributed by atoms with van der Waals surface area (Å²) in [5.41, 5.74) is -0.0961. The molecular weight excluding hydrogens is 638 g/mol. The molecule has 0 saturated carbocycles. The van der Waals surface area contributed by atoms with E-state index in [4.69, 9.17) is 0 Å². The predicted octanol–water partition coefficient (Wildman–Crippen LogP) is 3.87.